The minimum atomic E-state index is -1.23. The van der Waals surface area contributed by atoms with Gasteiger partial charge in [-0.15, -0.1) is 0 Å². The van der Waals surface area contributed by atoms with Crippen LogP contribution >= 0.6 is 0 Å². The molecule has 0 saturated carbocycles. The molecule has 0 aromatic heterocycles. The van der Waals surface area contributed by atoms with E-state index in [2.05, 4.69) is 5.32 Å². The summed E-state index contributed by atoms with van der Waals surface area (Å²) in [6.07, 6.45) is 0.422. The molecular weight excluding hydrogens is 332 g/mol. The van der Waals surface area contributed by atoms with E-state index in [1.807, 2.05) is 74.5 Å². The van der Waals surface area contributed by atoms with Crippen LogP contribution in [0.1, 0.15) is 31.9 Å². The van der Waals surface area contributed by atoms with Crippen molar-refractivity contribution in [2.24, 2.45) is 0 Å². The standard InChI is InChI=1S/C20H22N2O4/c1-19(2)14-20(26-25-19)22(18(23)21-16-11-7-4-8-12-16)17(13-24-20)15-9-5-3-6-10-15/h3-12,17H,13-14H2,1-2H3,(H,21,23)/t17-,20?/m1/s1. The predicted octanol–water partition coefficient (Wildman–Crippen LogP) is 4.08. The number of para-hydroxylation sites is 1. The number of hydrogen-bond donors (Lipinski definition) is 1. The Kier molecular flexibility index (Phi) is 4.19. The van der Waals surface area contributed by atoms with Crippen molar-refractivity contribution in [1.82, 2.24) is 4.90 Å². The minimum Gasteiger partial charge on any atom is -0.328 e. The van der Waals surface area contributed by atoms with Crippen molar-refractivity contribution in [3.05, 3.63) is 66.2 Å². The van der Waals surface area contributed by atoms with Crippen LogP contribution in [0.15, 0.2) is 60.7 Å². The molecule has 1 spiro atoms. The van der Waals surface area contributed by atoms with Crippen LogP contribution in [0.2, 0.25) is 0 Å². The Balaban J connectivity index is 1.67. The number of benzene rings is 2. The fraction of sp³-hybridized carbons (Fsp3) is 0.350. The van der Waals surface area contributed by atoms with Crippen molar-refractivity contribution in [2.75, 3.05) is 11.9 Å². The average Bonchev–Trinajstić information content (AvgIpc) is 3.16. The molecule has 0 bridgehead atoms. The fourth-order valence-corrected chi connectivity index (χ4v) is 3.49. The van der Waals surface area contributed by atoms with Crippen LogP contribution in [0.4, 0.5) is 10.5 Å². The number of rotatable bonds is 2. The second-order valence-corrected chi connectivity index (χ2v) is 7.22. The molecule has 0 aliphatic carbocycles. The van der Waals surface area contributed by atoms with Crippen LogP contribution in [0.3, 0.4) is 0 Å². The predicted molar refractivity (Wildman–Crippen MR) is 96.0 cm³/mol. The normalized spacial score (nSPS) is 27.0. The topological polar surface area (TPSA) is 60.0 Å². The third-order valence-corrected chi connectivity index (χ3v) is 4.62. The Labute approximate surface area is 152 Å². The number of nitrogens with zero attached hydrogens (tertiary/aromatic N) is 1. The highest BCUT2D eigenvalue weighted by atomic mass is 17.3. The zero-order valence-corrected chi connectivity index (χ0v) is 14.8. The lowest BCUT2D eigenvalue weighted by molar-refractivity contribution is -0.413. The monoisotopic (exact) mass is 354 g/mol. The number of amides is 2. The molecule has 1 unspecified atom stereocenters. The maximum atomic E-state index is 13.2. The maximum Gasteiger partial charge on any atom is 0.326 e. The Morgan fingerprint density at radius 1 is 1.04 bits per heavy atom. The Hall–Kier alpha value is -2.41. The van der Waals surface area contributed by atoms with E-state index in [4.69, 9.17) is 14.5 Å². The zero-order valence-electron chi connectivity index (χ0n) is 14.8. The molecule has 2 aromatic rings. The Morgan fingerprint density at radius 2 is 1.69 bits per heavy atom. The highest BCUT2D eigenvalue weighted by Crippen LogP contribution is 2.47. The largest absolute Gasteiger partial charge is 0.328 e. The van der Waals surface area contributed by atoms with Crippen molar-refractivity contribution in [1.29, 1.82) is 0 Å². The highest BCUT2D eigenvalue weighted by Gasteiger charge is 2.60. The Morgan fingerprint density at radius 3 is 2.31 bits per heavy atom. The van der Waals surface area contributed by atoms with E-state index in [0.29, 0.717) is 18.7 Å². The van der Waals surface area contributed by atoms with Gasteiger partial charge >= 0.3 is 6.03 Å². The summed E-state index contributed by atoms with van der Waals surface area (Å²) >= 11 is 0. The second kappa shape index (κ2) is 6.39. The molecule has 136 valence electrons. The minimum absolute atomic E-state index is 0.266. The number of hydrogen-bond acceptors (Lipinski definition) is 4. The van der Waals surface area contributed by atoms with Gasteiger partial charge in [0, 0.05) is 5.69 Å². The van der Waals surface area contributed by atoms with Gasteiger partial charge in [-0.3, -0.25) is 4.90 Å². The molecule has 1 N–H and O–H groups in total. The summed E-state index contributed by atoms with van der Waals surface area (Å²) < 4.78 is 5.99. The van der Waals surface area contributed by atoms with Gasteiger partial charge in [0.15, 0.2) is 0 Å². The summed E-state index contributed by atoms with van der Waals surface area (Å²) in [6.45, 7) is 4.16. The van der Waals surface area contributed by atoms with Gasteiger partial charge in [-0.05, 0) is 31.5 Å². The van der Waals surface area contributed by atoms with Crippen molar-refractivity contribution >= 4 is 11.7 Å². The quantitative estimate of drug-likeness (QED) is 0.826. The van der Waals surface area contributed by atoms with Gasteiger partial charge in [0.1, 0.15) is 5.60 Å². The van der Waals surface area contributed by atoms with E-state index < -0.39 is 11.5 Å². The summed E-state index contributed by atoms with van der Waals surface area (Å²) in [4.78, 5) is 25.8. The van der Waals surface area contributed by atoms with Gasteiger partial charge in [-0.1, -0.05) is 48.5 Å². The molecule has 2 aliphatic rings. The summed E-state index contributed by atoms with van der Waals surface area (Å²) in [5, 5.41) is 2.93. The number of ether oxygens (including phenoxy) is 1. The summed E-state index contributed by atoms with van der Waals surface area (Å²) in [7, 11) is 0. The first-order valence-electron chi connectivity index (χ1n) is 8.70. The van der Waals surface area contributed by atoms with Crippen LogP contribution in [-0.4, -0.2) is 29.1 Å². The van der Waals surface area contributed by atoms with Gasteiger partial charge in [-0.2, -0.15) is 4.89 Å². The SMILES string of the molecule is CC1(C)CC2(OC[C@H](c3ccccc3)N2C(=O)Nc2ccccc2)OO1. The zero-order chi connectivity index (χ0) is 18.2. The lowest BCUT2D eigenvalue weighted by Crippen LogP contribution is -2.51. The van der Waals surface area contributed by atoms with Crippen LogP contribution in [0.5, 0.6) is 0 Å². The van der Waals surface area contributed by atoms with Gasteiger partial charge in [-0.25, -0.2) is 9.68 Å². The first-order valence-corrected chi connectivity index (χ1v) is 8.70. The number of carbonyl (C=O) groups is 1. The third kappa shape index (κ3) is 3.07. The van der Waals surface area contributed by atoms with Crippen LogP contribution in [0, 0.1) is 0 Å². The fourth-order valence-electron chi connectivity index (χ4n) is 3.49. The van der Waals surface area contributed by atoms with Gasteiger partial charge in [0.2, 0.25) is 0 Å². The smallest absolute Gasteiger partial charge is 0.326 e. The van der Waals surface area contributed by atoms with Crippen molar-refractivity contribution in [3.63, 3.8) is 0 Å². The molecule has 2 atom stereocenters. The van der Waals surface area contributed by atoms with E-state index >= 15 is 0 Å². The van der Waals surface area contributed by atoms with E-state index in [-0.39, 0.29) is 12.1 Å². The molecule has 2 amide bonds. The van der Waals surface area contributed by atoms with Gasteiger partial charge in [0.05, 0.1) is 19.1 Å². The van der Waals surface area contributed by atoms with Crippen molar-refractivity contribution in [2.45, 2.75) is 37.8 Å². The highest BCUT2D eigenvalue weighted by molar-refractivity contribution is 5.90. The molecule has 26 heavy (non-hydrogen) atoms. The van der Waals surface area contributed by atoms with E-state index in [9.17, 15) is 4.79 Å². The molecule has 2 heterocycles. The summed E-state index contributed by atoms with van der Waals surface area (Å²) in [5.74, 6) is -1.23. The lowest BCUT2D eigenvalue weighted by Gasteiger charge is -2.33. The van der Waals surface area contributed by atoms with E-state index in [0.717, 1.165) is 5.56 Å². The molecule has 4 rings (SSSR count). The molecule has 2 aromatic carbocycles. The Bertz CT molecular complexity index is 781. The van der Waals surface area contributed by atoms with Gasteiger partial charge in [0.25, 0.3) is 5.91 Å². The van der Waals surface area contributed by atoms with Crippen LogP contribution in [0.25, 0.3) is 0 Å². The first-order chi connectivity index (χ1) is 12.5. The second-order valence-electron chi connectivity index (χ2n) is 7.22. The summed E-state index contributed by atoms with van der Waals surface area (Å²) in [5.41, 5.74) is 1.15. The number of anilines is 1. The molecule has 2 aliphatic heterocycles. The van der Waals surface area contributed by atoms with Crippen LogP contribution < -0.4 is 5.32 Å². The van der Waals surface area contributed by atoms with Crippen LogP contribution in [-0.2, 0) is 14.5 Å². The van der Waals surface area contributed by atoms with E-state index in [1.165, 1.54) is 0 Å². The van der Waals surface area contributed by atoms with Gasteiger partial charge < -0.3 is 10.1 Å². The number of urea groups is 1. The average molecular weight is 354 g/mol. The summed E-state index contributed by atoms with van der Waals surface area (Å²) in [6, 6.07) is 18.6. The lowest BCUT2D eigenvalue weighted by atomic mass is 10.0. The molecule has 0 radical (unpaired) electrons. The third-order valence-electron chi connectivity index (χ3n) is 4.62. The maximum absolute atomic E-state index is 13.2. The van der Waals surface area contributed by atoms with E-state index in [1.54, 1.807) is 4.90 Å². The number of carbonyl (C=O) groups excluding carboxylic acids is 1. The number of nitrogens with one attached hydrogen (secondary N) is 1. The molecule has 6 heteroatoms. The molecule has 6 nitrogen and oxygen atoms in total. The molecular formula is C20H22N2O4. The molecule has 2 fully saturated rings. The first kappa shape index (κ1) is 17.0. The van der Waals surface area contributed by atoms with Crippen molar-refractivity contribution < 1.29 is 19.3 Å². The van der Waals surface area contributed by atoms with Crippen molar-refractivity contribution in [3.8, 4) is 0 Å². The molecule has 2 saturated heterocycles.